The molecule has 0 aliphatic carbocycles. The van der Waals surface area contributed by atoms with Gasteiger partial charge in [-0.3, -0.25) is 0 Å². The van der Waals surface area contributed by atoms with E-state index in [1.165, 1.54) is 0 Å². The van der Waals surface area contributed by atoms with E-state index in [2.05, 4.69) is 22.9 Å². The van der Waals surface area contributed by atoms with Gasteiger partial charge >= 0.3 is 0 Å². The monoisotopic (exact) mass is 479 g/mol. The zero-order valence-electron chi connectivity index (χ0n) is 17.5. The first-order valence-electron chi connectivity index (χ1n) is 10.5. The minimum atomic E-state index is -0.762. The van der Waals surface area contributed by atoms with E-state index in [-0.39, 0.29) is 5.25 Å². The first kappa shape index (κ1) is 22.7. The van der Waals surface area contributed by atoms with E-state index in [1.54, 1.807) is 23.9 Å². The van der Waals surface area contributed by atoms with Crippen molar-refractivity contribution in [1.82, 2.24) is 4.90 Å². The number of piperazine rings is 1. The van der Waals surface area contributed by atoms with E-state index in [4.69, 9.17) is 23.2 Å². The van der Waals surface area contributed by atoms with E-state index < -0.39 is 12.1 Å². The molecule has 0 aromatic heterocycles. The second-order valence-corrected chi connectivity index (χ2v) is 10.1. The summed E-state index contributed by atoms with van der Waals surface area (Å²) >= 11 is 14.0. The Morgan fingerprint density at radius 1 is 1.06 bits per heavy atom. The summed E-state index contributed by atoms with van der Waals surface area (Å²) in [5.41, 5.74) is 2.78. The largest absolute Gasteiger partial charge is 0.387 e. The third kappa shape index (κ3) is 4.83. The summed E-state index contributed by atoms with van der Waals surface area (Å²) in [6.45, 7) is 4.53. The summed E-state index contributed by atoms with van der Waals surface area (Å²) < 4.78 is 0. The lowest BCUT2D eigenvalue weighted by molar-refractivity contribution is -0.109. The van der Waals surface area contributed by atoms with Crippen LogP contribution in [0.3, 0.4) is 0 Å². The van der Waals surface area contributed by atoms with Gasteiger partial charge in [-0.15, -0.1) is 0 Å². The summed E-state index contributed by atoms with van der Waals surface area (Å²) in [6, 6.07) is 13.0. The Kier molecular flexibility index (Phi) is 7.34. The molecule has 0 radical (unpaired) electrons. The molecule has 166 valence electrons. The van der Waals surface area contributed by atoms with Gasteiger partial charge in [0.25, 0.3) is 0 Å². The molecule has 2 aliphatic heterocycles. The van der Waals surface area contributed by atoms with Crippen LogP contribution in [-0.2, 0) is 4.79 Å². The third-order valence-corrected chi connectivity index (χ3v) is 8.20. The second kappa shape index (κ2) is 10.0. The van der Waals surface area contributed by atoms with E-state index in [0.29, 0.717) is 16.6 Å². The van der Waals surface area contributed by atoms with Crippen molar-refractivity contribution in [2.24, 2.45) is 0 Å². The predicted octanol–water partition coefficient (Wildman–Crippen LogP) is 3.97. The number of anilines is 2. The maximum absolute atomic E-state index is 12.2. The molecule has 2 aromatic carbocycles. The van der Waals surface area contributed by atoms with Crippen molar-refractivity contribution in [3.63, 3.8) is 0 Å². The number of halogens is 2. The number of thioether (sulfide) groups is 1. The maximum Gasteiger partial charge on any atom is 0.143 e. The summed E-state index contributed by atoms with van der Waals surface area (Å²) in [6.07, 6.45) is 0.183. The van der Waals surface area contributed by atoms with Gasteiger partial charge in [0.15, 0.2) is 0 Å². The molecule has 5 nitrogen and oxygen atoms in total. The number of rotatable bonds is 5. The first-order valence-corrected chi connectivity index (χ1v) is 12.3. The van der Waals surface area contributed by atoms with Crippen molar-refractivity contribution in [3.05, 3.63) is 58.1 Å². The highest BCUT2D eigenvalue weighted by atomic mass is 35.5. The molecule has 3 unspecified atom stereocenters. The molecular weight excluding hydrogens is 453 g/mol. The summed E-state index contributed by atoms with van der Waals surface area (Å²) in [5.74, 6) is 0.809. The topological polar surface area (TPSA) is 47.0 Å². The average molecular weight is 480 g/mol. The first-order chi connectivity index (χ1) is 15.0. The third-order valence-electron chi connectivity index (χ3n) is 6.12. The van der Waals surface area contributed by atoms with Crippen LogP contribution in [0.4, 0.5) is 11.4 Å². The van der Waals surface area contributed by atoms with Crippen LogP contribution in [0, 0.1) is 0 Å². The average Bonchev–Trinajstić information content (AvgIpc) is 2.80. The fourth-order valence-electron chi connectivity index (χ4n) is 4.36. The van der Waals surface area contributed by atoms with Gasteiger partial charge in [-0.05, 0) is 31.3 Å². The van der Waals surface area contributed by atoms with Crippen LogP contribution < -0.4 is 9.80 Å². The summed E-state index contributed by atoms with van der Waals surface area (Å²) in [4.78, 5) is 18.9. The van der Waals surface area contributed by atoms with Gasteiger partial charge in [-0.2, -0.15) is 11.8 Å². The van der Waals surface area contributed by atoms with E-state index in [0.717, 1.165) is 55.2 Å². The number of likely N-dealkylation sites (N-methyl/N-ethyl adjacent to an activating group) is 1. The van der Waals surface area contributed by atoms with Gasteiger partial charge in [0.05, 0.1) is 27.4 Å². The zero-order valence-corrected chi connectivity index (χ0v) is 19.8. The number of nitrogens with zero attached hydrogens (tertiary/aromatic N) is 3. The molecule has 0 bridgehead atoms. The molecular formula is C23H27Cl2N3O2S. The molecule has 2 aliphatic rings. The summed E-state index contributed by atoms with van der Waals surface area (Å²) in [7, 11) is 2.13. The van der Waals surface area contributed by atoms with Crippen LogP contribution in [0.25, 0.3) is 0 Å². The normalized spacial score (nSPS) is 23.6. The Labute approximate surface area is 197 Å². The van der Waals surface area contributed by atoms with E-state index in [1.807, 2.05) is 29.2 Å². The van der Waals surface area contributed by atoms with Gasteiger partial charge < -0.3 is 24.6 Å². The lowest BCUT2D eigenvalue weighted by Gasteiger charge is -2.42. The van der Waals surface area contributed by atoms with Gasteiger partial charge in [0.2, 0.25) is 0 Å². The summed E-state index contributed by atoms with van der Waals surface area (Å²) in [5, 5.41) is 12.1. The second-order valence-electron chi connectivity index (χ2n) is 8.05. The Hall–Kier alpha value is -1.44. The van der Waals surface area contributed by atoms with Gasteiger partial charge in [0, 0.05) is 55.4 Å². The highest BCUT2D eigenvalue weighted by Crippen LogP contribution is 2.40. The zero-order chi connectivity index (χ0) is 22.0. The van der Waals surface area contributed by atoms with Crippen molar-refractivity contribution in [3.8, 4) is 0 Å². The fraction of sp³-hybridized carbons (Fsp3) is 0.435. The molecule has 2 saturated heterocycles. The SMILES string of the molecule is CN1CCN(c2ccccc2C(O)C2SCCN(c3ccc(Cl)c(Cl)c3)C2C=O)CC1. The Morgan fingerprint density at radius 2 is 1.81 bits per heavy atom. The number of aliphatic hydroxyl groups is 1. The Balaban J connectivity index is 1.61. The highest BCUT2D eigenvalue weighted by molar-refractivity contribution is 8.00. The van der Waals surface area contributed by atoms with Crippen LogP contribution >= 0.6 is 35.0 Å². The highest BCUT2D eigenvalue weighted by Gasteiger charge is 2.38. The van der Waals surface area contributed by atoms with Crippen molar-refractivity contribution < 1.29 is 9.90 Å². The number of hydrogen-bond donors (Lipinski definition) is 1. The smallest absolute Gasteiger partial charge is 0.143 e. The standard InChI is InChI=1S/C23H27Cl2N3O2S/c1-26-8-10-27(11-9-26)20-5-3-2-4-17(20)22(30)23-21(15-29)28(12-13-31-23)16-6-7-18(24)19(25)14-16/h2-7,14-15,21-23,30H,8-13H2,1H3. The van der Waals surface area contributed by atoms with Crippen molar-refractivity contribution in [2.45, 2.75) is 17.4 Å². The Morgan fingerprint density at radius 3 is 2.52 bits per heavy atom. The van der Waals surface area contributed by atoms with Crippen LogP contribution in [0.5, 0.6) is 0 Å². The van der Waals surface area contributed by atoms with Crippen LogP contribution in [0.1, 0.15) is 11.7 Å². The molecule has 1 N–H and O–H groups in total. The number of carbonyl (C=O) groups is 1. The minimum Gasteiger partial charge on any atom is -0.387 e. The van der Waals surface area contributed by atoms with E-state index >= 15 is 0 Å². The number of aldehydes is 1. The molecule has 8 heteroatoms. The van der Waals surface area contributed by atoms with Crippen molar-refractivity contribution in [2.75, 3.05) is 55.3 Å². The van der Waals surface area contributed by atoms with Gasteiger partial charge in [-0.25, -0.2) is 0 Å². The number of aliphatic hydroxyl groups excluding tert-OH is 1. The van der Waals surface area contributed by atoms with E-state index in [9.17, 15) is 9.90 Å². The molecule has 0 spiro atoms. The molecule has 3 atom stereocenters. The lowest BCUT2D eigenvalue weighted by atomic mass is 9.97. The van der Waals surface area contributed by atoms with Crippen molar-refractivity contribution >= 4 is 52.6 Å². The molecule has 0 saturated carbocycles. The fourth-order valence-corrected chi connectivity index (χ4v) is 5.96. The van der Waals surface area contributed by atoms with Gasteiger partial charge in [0.1, 0.15) is 6.29 Å². The predicted molar refractivity (Wildman–Crippen MR) is 131 cm³/mol. The molecule has 2 aromatic rings. The number of para-hydroxylation sites is 1. The van der Waals surface area contributed by atoms with Gasteiger partial charge in [-0.1, -0.05) is 41.4 Å². The minimum absolute atomic E-state index is 0.283. The molecule has 2 heterocycles. The molecule has 0 amide bonds. The number of benzene rings is 2. The van der Waals surface area contributed by atoms with Crippen LogP contribution in [0.2, 0.25) is 10.0 Å². The molecule has 2 fully saturated rings. The maximum atomic E-state index is 12.2. The quantitative estimate of drug-likeness (QED) is 0.654. The molecule has 31 heavy (non-hydrogen) atoms. The lowest BCUT2D eigenvalue weighted by Crippen LogP contribution is -2.51. The van der Waals surface area contributed by atoms with Crippen molar-refractivity contribution in [1.29, 1.82) is 0 Å². The van der Waals surface area contributed by atoms with Crippen LogP contribution in [-0.4, -0.2) is 73.1 Å². The number of hydrogen-bond acceptors (Lipinski definition) is 6. The Bertz CT molecular complexity index is 923. The number of carbonyl (C=O) groups excluding carboxylic acids is 1. The van der Waals surface area contributed by atoms with Crippen LogP contribution in [0.15, 0.2) is 42.5 Å². The molecule has 4 rings (SSSR count).